The summed E-state index contributed by atoms with van der Waals surface area (Å²) in [6.07, 6.45) is 12.9. The van der Waals surface area contributed by atoms with E-state index in [2.05, 4.69) is 0 Å². The normalized spacial score (nSPS) is 36.7. The minimum absolute atomic E-state index is 0.508. The molecule has 2 atom stereocenters. The van der Waals surface area contributed by atoms with Crippen LogP contribution in [0.1, 0.15) is 57.8 Å². The molecule has 0 heterocycles. The van der Waals surface area contributed by atoms with Crippen LogP contribution in [0.15, 0.2) is 0 Å². The van der Waals surface area contributed by atoms with E-state index in [1.165, 1.54) is 57.8 Å². The first kappa shape index (κ1) is 9.83. The summed E-state index contributed by atoms with van der Waals surface area (Å²) >= 11 is 6.12. The minimum Gasteiger partial charge on any atom is -0.123 e. The Morgan fingerprint density at radius 2 is 1.62 bits per heavy atom. The van der Waals surface area contributed by atoms with E-state index >= 15 is 0 Å². The van der Waals surface area contributed by atoms with Crippen molar-refractivity contribution in [1.29, 1.82) is 0 Å². The first-order valence-electron chi connectivity index (χ1n) is 5.98. The van der Waals surface area contributed by atoms with Gasteiger partial charge in [0.2, 0.25) is 0 Å². The van der Waals surface area contributed by atoms with E-state index in [0.717, 1.165) is 11.8 Å². The lowest BCUT2D eigenvalue weighted by Crippen LogP contribution is -2.10. The zero-order valence-electron chi connectivity index (χ0n) is 8.47. The predicted molar refractivity (Wildman–Crippen MR) is 58.2 cm³/mol. The van der Waals surface area contributed by atoms with E-state index in [1.54, 1.807) is 0 Å². The van der Waals surface area contributed by atoms with Crippen LogP contribution in [0.5, 0.6) is 0 Å². The molecule has 2 unspecified atom stereocenters. The molecule has 0 nitrogen and oxygen atoms in total. The molecule has 0 saturated heterocycles. The van der Waals surface area contributed by atoms with Crippen LogP contribution in [0, 0.1) is 11.8 Å². The highest BCUT2D eigenvalue weighted by atomic mass is 35.5. The summed E-state index contributed by atoms with van der Waals surface area (Å²) in [7, 11) is 0. The van der Waals surface area contributed by atoms with Crippen LogP contribution >= 0.6 is 11.6 Å². The molecular weight excluding hydrogens is 180 g/mol. The molecule has 0 aromatic carbocycles. The summed E-state index contributed by atoms with van der Waals surface area (Å²) in [6, 6.07) is 0. The number of hydrogen-bond donors (Lipinski definition) is 0. The Bertz CT molecular complexity index is 146. The molecule has 0 spiro atoms. The summed E-state index contributed by atoms with van der Waals surface area (Å²) in [5, 5.41) is 0.508. The molecule has 0 N–H and O–H groups in total. The average molecular weight is 201 g/mol. The Morgan fingerprint density at radius 3 is 2.23 bits per heavy atom. The zero-order valence-corrected chi connectivity index (χ0v) is 9.23. The van der Waals surface area contributed by atoms with Gasteiger partial charge in [-0.2, -0.15) is 0 Å². The smallest absolute Gasteiger partial charge is 0.0338 e. The Labute approximate surface area is 87.0 Å². The maximum atomic E-state index is 6.12. The van der Waals surface area contributed by atoms with Crippen molar-refractivity contribution in [2.45, 2.75) is 63.2 Å². The van der Waals surface area contributed by atoms with Gasteiger partial charge in [0.1, 0.15) is 0 Å². The second-order valence-corrected chi connectivity index (χ2v) is 5.63. The van der Waals surface area contributed by atoms with E-state index in [4.69, 9.17) is 11.6 Å². The SMILES string of the molecule is ClC1CCC(CC2CCCCC2)C1. The van der Waals surface area contributed by atoms with Gasteiger partial charge in [-0.3, -0.25) is 0 Å². The monoisotopic (exact) mass is 200 g/mol. The molecule has 2 aliphatic rings. The Balaban J connectivity index is 1.71. The lowest BCUT2D eigenvalue weighted by atomic mass is 9.82. The molecule has 2 fully saturated rings. The van der Waals surface area contributed by atoms with Crippen LogP contribution in [0.2, 0.25) is 0 Å². The van der Waals surface area contributed by atoms with E-state index in [-0.39, 0.29) is 0 Å². The maximum Gasteiger partial charge on any atom is 0.0338 e. The van der Waals surface area contributed by atoms with Gasteiger partial charge >= 0.3 is 0 Å². The van der Waals surface area contributed by atoms with Gasteiger partial charge in [0, 0.05) is 5.38 Å². The molecule has 2 aliphatic carbocycles. The fraction of sp³-hybridized carbons (Fsp3) is 1.00. The molecule has 2 saturated carbocycles. The molecule has 2 rings (SSSR count). The summed E-state index contributed by atoms with van der Waals surface area (Å²) in [5.41, 5.74) is 0. The standard InChI is InChI=1S/C12H21Cl/c13-12-7-6-11(9-12)8-10-4-2-1-3-5-10/h10-12H,1-9H2. The molecule has 1 heteroatoms. The highest BCUT2D eigenvalue weighted by Crippen LogP contribution is 2.37. The van der Waals surface area contributed by atoms with Crippen molar-refractivity contribution >= 4 is 11.6 Å². The lowest BCUT2D eigenvalue weighted by Gasteiger charge is -2.24. The van der Waals surface area contributed by atoms with Gasteiger partial charge in [-0.25, -0.2) is 0 Å². The third-order valence-corrected chi connectivity index (χ3v) is 4.27. The predicted octanol–water partition coefficient (Wildman–Crippen LogP) is 4.36. The molecular formula is C12H21Cl. The quantitative estimate of drug-likeness (QED) is 0.581. The van der Waals surface area contributed by atoms with Crippen LogP contribution in [-0.2, 0) is 0 Å². The maximum absolute atomic E-state index is 6.12. The van der Waals surface area contributed by atoms with E-state index in [0.29, 0.717) is 5.38 Å². The molecule has 0 aromatic rings. The summed E-state index contributed by atoms with van der Waals surface area (Å²) in [4.78, 5) is 0. The Kier molecular flexibility index (Phi) is 3.54. The summed E-state index contributed by atoms with van der Waals surface area (Å²) < 4.78 is 0. The van der Waals surface area contributed by atoms with E-state index < -0.39 is 0 Å². The molecule has 0 aliphatic heterocycles. The van der Waals surface area contributed by atoms with Gasteiger partial charge in [0.15, 0.2) is 0 Å². The van der Waals surface area contributed by atoms with Crippen LogP contribution in [0.4, 0.5) is 0 Å². The van der Waals surface area contributed by atoms with Gasteiger partial charge in [0.05, 0.1) is 0 Å². The van der Waals surface area contributed by atoms with Crippen LogP contribution < -0.4 is 0 Å². The topological polar surface area (TPSA) is 0 Å². The van der Waals surface area contributed by atoms with Gasteiger partial charge in [-0.05, 0) is 37.5 Å². The summed E-state index contributed by atoms with van der Waals surface area (Å²) in [5.74, 6) is 2.03. The minimum atomic E-state index is 0.508. The van der Waals surface area contributed by atoms with Crippen LogP contribution in [0.3, 0.4) is 0 Å². The third-order valence-electron chi connectivity index (χ3n) is 3.87. The second kappa shape index (κ2) is 4.68. The molecule has 0 bridgehead atoms. The molecule has 0 radical (unpaired) electrons. The van der Waals surface area contributed by atoms with Crippen molar-refractivity contribution in [3.63, 3.8) is 0 Å². The third kappa shape index (κ3) is 2.87. The first-order chi connectivity index (χ1) is 6.34. The highest BCUT2D eigenvalue weighted by Gasteiger charge is 2.26. The van der Waals surface area contributed by atoms with Gasteiger partial charge in [-0.15, -0.1) is 11.6 Å². The van der Waals surface area contributed by atoms with Crippen molar-refractivity contribution < 1.29 is 0 Å². The van der Waals surface area contributed by atoms with Crippen LogP contribution in [0.25, 0.3) is 0 Å². The Morgan fingerprint density at radius 1 is 0.846 bits per heavy atom. The highest BCUT2D eigenvalue weighted by molar-refractivity contribution is 6.20. The van der Waals surface area contributed by atoms with Crippen molar-refractivity contribution in [3.8, 4) is 0 Å². The Hall–Kier alpha value is 0.290. The largest absolute Gasteiger partial charge is 0.123 e. The van der Waals surface area contributed by atoms with Crippen molar-refractivity contribution in [2.24, 2.45) is 11.8 Å². The van der Waals surface area contributed by atoms with E-state index in [1.807, 2.05) is 0 Å². The summed E-state index contributed by atoms with van der Waals surface area (Å²) in [6.45, 7) is 0. The fourth-order valence-electron chi connectivity index (χ4n) is 3.12. The molecule has 13 heavy (non-hydrogen) atoms. The number of rotatable bonds is 2. The van der Waals surface area contributed by atoms with Gasteiger partial charge in [0.25, 0.3) is 0 Å². The number of halogens is 1. The van der Waals surface area contributed by atoms with E-state index in [9.17, 15) is 0 Å². The van der Waals surface area contributed by atoms with Crippen molar-refractivity contribution in [2.75, 3.05) is 0 Å². The molecule has 0 amide bonds. The first-order valence-corrected chi connectivity index (χ1v) is 6.42. The van der Waals surface area contributed by atoms with Crippen molar-refractivity contribution in [1.82, 2.24) is 0 Å². The zero-order chi connectivity index (χ0) is 9.10. The van der Waals surface area contributed by atoms with Gasteiger partial charge in [-0.1, -0.05) is 32.1 Å². The van der Waals surface area contributed by atoms with Gasteiger partial charge < -0.3 is 0 Å². The number of alkyl halides is 1. The van der Waals surface area contributed by atoms with Crippen LogP contribution in [-0.4, -0.2) is 5.38 Å². The number of hydrogen-bond acceptors (Lipinski definition) is 0. The fourth-order valence-corrected chi connectivity index (χ4v) is 3.50. The second-order valence-electron chi connectivity index (χ2n) is 5.02. The molecule has 0 aromatic heterocycles. The average Bonchev–Trinajstić information content (AvgIpc) is 2.53. The lowest BCUT2D eigenvalue weighted by molar-refractivity contribution is 0.289. The molecule has 76 valence electrons. The van der Waals surface area contributed by atoms with Crippen molar-refractivity contribution in [3.05, 3.63) is 0 Å².